The molecule has 0 radical (unpaired) electrons. The third kappa shape index (κ3) is 5.28. The lowest BCUT2D eigenvalue weighted by Crippen LogP contribution is -2.30. The van der Waals surface area contributed by atoms with Gasteiger partial charge < -0.3 is 20.6 Å². The molecule has 13 heteroatoms. The summed E-state index contributed by atoms with van der Waals surface area (Å²) in [5.41, 5.74) is 14.7. The van der Waals surface area contributed by atoms with Crippen LogP contribution in [0.15, 0.2) is 38.7 Å². The second-order valence-electron chi connectivity index (χ2n) is 12.2. The minimum atomic E-state index is -0.0605. The number of nitrogens with zero attached hydrogens (tertiary/aromatic N) is 6. The van der Waals surface area contributed by atoms with E-state index in [1.165, 1.54) is 25.7 Å². The van der Waals surface area contributed by atoms with Crippen molar-refractivity contribution in [3.63, 3.8) is 0 Å². The van der Waals surface area contributed by atoms with Crippen LogP contribution in [-0.2, 0) is 7.05 Å². The molecular weight excluding hydrogens is 612 g/mol. The van der Waals surface area contributed by atoms with Gasteiger partial charge in [-0.25, -0.2) is 0 Å². The minimum Gasteiger partial charge on any atom is -0.382 e. The molecule has 2 aliphatic carbocycles. The van der Waals surface area contributed by atoms with Gasteiger partial charge in [-0.3, -0.25) is 24.5 Å². The van der Waals surface area contributed by atoms with E-state index in [0.29, 0.717) is 33.6 Å². The number of halogens is 1. The minimum absolute atomic E-state index is 0.0387. The molecule has 5 aromatic heterocycles. The highest BCUT2D eigenvalue weighted by Crippen LogP contribution is 2.36. The Morgan fingerprint density at radius 3 is 1.86 bits per heavy atom. The van der Waals surface area contributed by atoms with Crippen LogP contribution >= 0.6 is 15.9 Å². The first kappa shape index (κ1) is 29.2. The summed E-state index contributed by atoms with van der Waals surface area (Å²) in [7, 11) is 1.88. The molecule has 2 fully saturated rings. The number of pyridine rings is 2. The quantitative estimate of drug-likeness (QED) is 0.206. The molecule has 5 heterocycles. The molecular formula is C30H39BrN10O2. The first-order valence-corrected chi connectivity index (χ1v) is 15.9. The molecule has 43 heavy (non-hydrogen) atoms. The summed E-state index contributed by atoms with van der Waals surface area (Å²) in [5.74, 6) is 1.52. The lowest BCUT2D eigenvalue weighted by atomic mass is 9.85. The van der Waals surface area contributed by atoms with Crippen LogP contribution in [0.3, 0.4) is 0 Å². The predicted molar refractivity (Wildman–Crippen MR) is 173 cm³/mol. The number of aromatic amines is 2. The second kappa shape index (κ2) is 11.7. The van der Waals surface area contributed by atoms with E-state index in [-0.39, 0.29) is 34.8 Å². The number of fused-ring (bicyclic) bond motifs is 2. The lowest BCUT2D eigenvalue weighted by Gasteiger charge is -2.30. The van der Waals surface area contributed by atoms with Crippen LogP contribution in [0, 0.1) is 11.8 Å². The second-order valence-corrected chi connectivity index (χ2v) is 13.0. The Bertz CT molecular complexity index is 1900. The number of hydrogen-bond donors (Lipinski definition) is 4. The number of nitrogen functional groups attached to an aromatic ring is 2. The molecule has 6 N–H and O–H groups in total. The topological polar surface area (TPSA) is 171 Å². The van der Waals surface area contributed by atoms with Crippen molar-refractivity contribution in [1.82, 2.24) is 39.3 Å². The lowest BCUT2D eigenvalue weighted by molar-refractivity contribution is 0.253. The maximum absolute atomic E-state index is 13.0. The molecule has 12 nitrogen and oxygen atoms in total. The average molecular weight is 652 g/mol. The third-order valence-corrected chi connectivity index (χ3v) is 9.95. The predicted octanol–water partition coefficient (Wildman–Crippen LogP) is 5.28. The van der Waals surface area contributed by atoms with Crippen molar-refractivity contribution in [3.8, 4) is 11.3 Å². The zero-order valence-electron chi connectivity index (χ0n) is 24.8. The smallest absolute Gasteiger partial charge is 0.264 e. The Morgan fingerprint density at radius 1 is 0.814 bits per heavy atom. The van der Waals surface area contributed by atoms with Crippen LogP contribution in [0.2, 0.25) is 0 Å². The highest BCUT2D eigenvalue weighted by Gasteiger charge is 2.27. The molecule has 0 amide bonds. The SMILES string of the molecule is CC1CCCCC1n1cc(-c2ccn(C)n2)c2[nH]nc(N)c2c1=O.CC1CCCCC1n1cc(Br)c2[nH]nc(N)c2c1=O. The highest BCUT2D eigenvalue weighted by atomic mass is 79.9. The molecule has 0 bridgehead atoms. The van der Waals surface area contributed by atoms with Crippen LogP contribution in [0.1, 0.15) is 77.3 Å². The number of nitrogens with one attached hydrogen (secondary N) is 2. The molecule has 7 rings (SSSR count). The van der Waals surface area contributed by atoms with Crippen molar-refractivity contribution >= 4 is 49.4 Å². The molecule has 0 aromatic carbocycles. The molecule has 2 aliphatic rings. The van der Waals surface area contributed by atoms with E-state index < -0.39 is 0 Å². The van der Waals surface area contributed by atoms with E-state index in [2.05, 4.69) is 55.3 Å². The fourth-order valence-electron chi connectivity index (χ4n) is 6.94. The zero-order chi connectivity index (χ0) is 30.4. The standard InChI is InChI=1S/C17H22N6O.C13H17BrN4O/c1-10-5-3-4-6-13(10)23-9-11(12-7-8-22(2)21-12)15-14(17(23)24)16(18)20-19-15;1-7-4-2-3-5-9(7)18-6-8(14)11-10(13(18)19)12(15)17-16-11/h7-10,13H,3-6H2,1-2H3,(H3,18,19,20);6-7,9H,2-5H2,1H3,(H3,15,16,17). The van der Waals surface area contributed by atoms with E-state index in [0.717, 1.165) is 41.4 Å². The first-order chi connectivity index (χ1) is 20.7. The molecule has 0 spiro atoms. The molecule has 0 saturated heterocycles. The number of H-pyrrole nitrogens is 2. The molecule has 4 atom stereocenters. The zero-order valence-corrected chi connectivity index (χ0v) is 26.4. The van der Waals surface area contributed by atoms with Crippen LogP contribution in [-0.4, -0.2) is 39.3 Å². The fourth-order valence-corrected chi connectivity index (χ4v) is 7.45. The number of aryl methyl sites for hydroxylation is 1. The van der Waals surface area contributed by atoms with Crippen molar-refractivity contribution in [1.29, 1.82) is 0 Å². The largest absolute Gasteiger partial charge is 0.382 e. The maximum Gasteiger partial charge on any atom is 0.264 e. The van der Waals surface area contributed by atoms with Crippen molar-refractivity contribution < 1.29 is 0 Å². The summed E-state index contributed by atoms with van der Waals surface area (Å²) in [6.45, 7) is 4.44. The number of anilines is 2. The van der Waals surface area contributed by atoms with Gasteiger partial charge in [0.1, 0.15) is 10.8 Å². The van der Waals surface area contributed by atoms with Crippen molar-refractivity contribution in [3.05, 3.63) is 49.8 Å². The van der Waals surface area contributed by atoms with Gasteiger partial charge in [0, 0.05) is 43.3 Å². The highest BCUT2D eigenvalue weighted by molar-refractivity contribution is 9.10. The monoisotopic (exact) mass is 650 g/mol. The summed E-state index contributed by atoms with van der Waals surface area (Å²) in [4.78, 5) is 25.7. The molecule has 0 aliphatic heterocycles. The first-order valence-electron chi connectivity index (χ1n) is 15.1. The Hall–Kier alpha value is -3.87. The number of aromatic nitrogens is 8. The Balaban J connectivity index is 0.000000157. The van der Waals surface area contributed by atoms with Crippen LogP contribution in [0.4, 0.5) is 11.6 Å². The van der Waals surface area contributed by atoms with Crippen LogP contribution < -0.4 is 22.6 Å². The van der Waals surface area contributed by atoms with Gasteiger partial charge in [0.15, 0.2) is 11.6 Å². The van der Waals surface area contributed by atoms with E-state index in [9.17, 15) is 9.59 Å². The summed E-state index contributed by atoms with van der Waals surface area (Å²) in [6, 6.07) is 2.40. The summed E-state index contributed by atoms with van der Waals surface area (Å²) in [6.07, 6.45) is 14.9. The van der Waals surface area contributed by atoms with Crippen molar-refractivity contribution in [2.24, 2.45) is 18.9 Å². The fraction of sp³-hybridized carbons (Fsp3) is 0.500. The third-order valence-electron chi connectivity index (χ3n) is 9.35. The van der Waals surface area contributed by atoms with Crippen LogP contribution in [0.25, 0.3) is 33.1 Å². The number of hydrogen-bond acceptors (Lipinski definition) is 7. The number of rotatable bonds is 3. The summed E-state index contributed by atoms with van der Waals surface area (Å²) < 4.78 is 6.29. The van der Waals surface area contributed by atoms with Gasteiger partial charge in [-0.05, 0) is 59.5 Å². The van der Waals surface area contributed by atoms with E-state index in [1.807, 2.05) is 40.8 Å². The van der Waals surface area contributed by atoms with Gasteiger partial charge in [-0.15, -0.1) is 0 Å². The Labute approximate surface area is 257 Å². The van der Waals surface area contributed by atoms with E-state index in [1.54, 1.807) is 4.68 Å². The maximum atomic E-state index is 13.0. The van der Waals surface area contributed by atoms with E-state index >= 15 is 0 Å². The average Bonchev–Trinajstić information content (AvgIpc) is 3.71. The summed E-state index contributed by atoms with van der Waals surface area (Å²) >= 11 is 3.50. The van der Waals surface area contributed by atoms with Crippen LogP contribution in [0.5, 0.6) is 0 Å². The van der Waals surface area contributed by atoms with E-state index in [4.69, 9.17) is 11.5 Å². The normalized spacial score (nSPS) is 22.5. The molecule has 5 aromatic rings. The van der Waals surface area contributed by atoms with Crippen molar-refractivity contribution in [2.75, 3.05) is 11.5 Å². The van der Waals surface area contributed by atoms with Gasteiger partial charge in [0.25, 0.3) is 11.1 Å². The van der Waals surface area contributed by atoms with Gasteiger partial charge in [0.05, 0.1) is 21.2 Å². The van der Waals surface area contributed by atoms with Gasteiger partial charge in [-0.2, -0.15) is 15.3 Å². The van der Waals surface area contributed by atoms with Gasteiger partial charge in [0.2, 0.25) is 0 Å². The van der Waals surface area contributed by atoms with Crippen molar-refractivity contribution in [2.45, 2.75) is 77.3 Å². The molecule has 228 valence electrons. The Morgan fingerprint density at radius 2 is 1.33 bits per heavy atom. The van der Waals surface area contributed by atoms with Gasteiger partial charge in [-0.1, -0.05) is 39.5 Å². The molecule has 4 unspecified atom stereocenters. The molecule has 2 saturated carbocycles. The number of nitrogens with two attached hydrogens (primary N) is 2. The summed E-state index contributed by atoms with van der Waals surface area (Å²) in [5, 5.41) is 19.2. The Kier molecular flexibility index (Phi) is 7.92. The van der Waals surface area contributed by atoms with Gasteiger partial charge >= 0.3 is 0 Å².